The predicted octanol–water partition coefficient (Wildman–Crippen LogP) is 2.32. The molecule has 0 amide bonds. The van der Waals surface area contributed by atoms with Crippen LogP contribution in [0.25, 0.3) is 0 Å². The van der Waals surface area contributed by atoms with Crippen LogP contribution >= 0.6 is 36.4 Å². The van der Waals surface area contributed by atoms with Crippen LogP contribution in [0.5, 0.6) is 0 Å². The third-order valence-electron chi connectivity index (χ3n) is 4.03. The number of nitrogens with one attached hydrogen (secondary N) is 3. The fraction of sp³-hybridized carbons (Fsp3) is 0.438. The minimum atomic E-state index is -0.613. The Morgan fingerprint density at radius 2 is 1.96 bits per heavy atom. The molecule has 0 radical (unpaired) electrons. The molecule has 24 heavy (non-hydrogen) atoms. The van der Waals surface area contributed by atoms with E-state index in [9.17, 15) is 0 Å². The molecular formula is C16H24Cl3N5. The molecule has 1 aromatic carbocycles. The Labute approximate surface area is 160 Å². The second-order valence-electron chi connectivity index (χ2n) is 5.62. The van der Waals surface area contributed by atoms with Gasteiger partial charge in [0, 0.05) is 43.0 Å². The lowest BCUT2D eigenvalue weighted by molar-refractivity contribution is 0.199. The average Bonchev–Trinajstić information content (AvgIpc) is 2.54. The summed E-state index contributed by atoms with van der Waals surface area (Å²) in [6.07, 6.45) is 3.96. The molecule has 2 aliphatic rings. The quantitative estimate of drug-likeness (QED) is 0.736. The molecule has 8 heteroatoms. The third-order valence-corrected chi connectivity index (χ3v) is 4.36. The van der Waals surface area contributed by atoms with Crippen molar-refractivity contribution >= 4 is 42.3 Å². The van der Waals surface area contributed by atoms with E-state index < -0.39 is 5.66 Å². The van der Waals surface area contributed by atoms with Gasteiger partial charge < -0.3 is 10.6 Å². The highest BCUT2D eigenvalue weighted by Gasteiger charge is 2.32. The molecule has 1 saturated heterocycles. The second-order valence-corrected chi connectivity index (χ2v) is 6.03. The largest absolute Gasteiger partial charge is 0.351 e. The first-order chi connectivity index (χ1) is 10.7. The van der Waals surface area contributed by atoms with E-state index in [-0.39, 0.29) is 24.8 Å². The Hall–Kier alpha value is -0.820. The number of piperazine rings is 1. The highest BCUT2D eigenvalue weighted by molar-refractivity contribution is 6.31. The molecule has 1 unspecified atom stereocenters. The molecule has 2 heterocycles. The van der Waals surface area contributed by atoms with Gasteiger partial charge in [-0.3, -0.25) is 10.2 Å². The lowest BCUT2D eigenvalue weighted by Crippen LogP contribution is -2.52. The van der Waals surface area contributed by atoms with E-state index in [1.54, 1.807) is 0 Å². The second kappa shape index (κ2) is 9.61. The normalized spacial score (nSPS) is 23.5. The molecule has 0 spiro atoms. The Balaban J connectivity index is 0.00000144. The Kier molecular flexibility index (Phi) is 8.50. The summed E-state index contributed by atoms with van der Waals surface area (Å²) < 4.78 is 0. The summed E-state index contributed by atoms with van der Waals surface area (Å²) in [6.45, 7) is 6.86. The van der Waals surface area contributed by atoms with Crippen LogP contribution in [0.1, 0.15) is 12.5 Å². The molecule has 1 fully saturated rings. The van der Waals surface area contributed by atoms with Crippen molar-refractivity contribution in [2.24, 2.45) is 4.99 Å². The number of amidine groups is 1. The maximum Gasteiger partial charge on any atom is 0.161 e. The summed E-state index contributed by atoms with van der Waals surface area (Å²) in [5.74, 6) is 0.871. The number of benzene rings is 1. The Bertz CT molecular complexity index is 587. The number of hydrogen-bond acceptors (Lipinski definition) is 5. The maximum atomic E-state index is 6.43. The summed E-state index contributed by atoms with van der Waals surface area (Å²) in [5.41, 5.74) is 0.363. The molecule has 0 saturated carbocycles. The Morgan fingerprint density at radius 3 is 2.62 bits per heavy atom. The molecule has 1 aromatic rings. The van der Waals surface area contributed by atoms with Crippen LogP contribution in [0.4, 0.5) is 0 Å². The first-order valence-corrected chi connectivity index (χ1v) is 8.01. The van der Waals surface area contributed by atoms with Gasteiger partial charge in [-0.1, -0.05) is 29.8 Å². The van der Waals surface area contributed by atoms with Gasteiger partial charge in [0.15, 0.2) is 5.66 Å². The fourth-order valence-corrected chi connectivity index (χ4v) is 3.11. The van der Waals surface area contributed by atoms with E-state index >= 15 is 0 Å². The zero-order valence-electron chi connectivity index (χ0n) is 13.6. The number of halogens is 3. The molecular weight excluding hydrogens is 369 g/mol. The summed E-state index contributed by atoms with van der Waals surface area (Å²) >= 11 is 6.43. The summed E-state index contributed by atoms with van der Waals surface area (Å²) in [6, 6.07) is 7.87. The molecule has 1 atom stereocenters. The molecule has 0 bridgehead atoms. The van der Waals surface area contributed by atoms with Gasteiger partial charge in [0.2, 0.25) is 0 Å². The molecule has 0 aromatic heterocycles. The number of hydrogen-bond donors (Lipinski definition) is 3. The summed E-state index contributed by atoms with van der Waals surface area (Å²) in [4.78, 5) is 7.19. The van der Waals surface area contributed by atoms with Gasteiger partial charge in [-0.2, -0.15) is 0 Å². The van der Waals surface area contributed by atoms with Crippen LogP contribution in [0, 0.1) is 0 Å². The van der Waals surface area contributed by atoms with Gasteiger partial charge in [0.1, 0.15) is 5.84 Å². The average molecular weight is 393 g/mol. The molecule has 2 aliphatic heterocycles. The van der Waals surface area contributed by atoms with Crippen molar-refractivity contribution in [2.75, 3.05) is 32.8 Å². The zero-order chi connectivity index (χ0) is 15.4. The van der Waals surface area contributed by atoms with Gasteiger partial charge in [0.25, 0.3) is 0 Å². The van der Waals surface area contributed by atoms with E-state index in [0.29, 0.717) is 0 Å². The van der Waals surface area contributed by atoms with Crippen LogP contribution in [-0.2, 0) is 5.66 Å². The third kappa shape index (κ3) is 4.85. The van der Waals surface area contributed by atoms with Crippen molar-refractivity contribution in [3.8, 4) is 0 Å². The standard InChI is InChI=1S/C16H22ClN5.2ClH/c1-13-19-7-6-16(21-13,14-4-2-3-5-15(14)17)20-12-22-10-8-18-9-11-22;;/h2-7,18,20H,8-12H2,1H3,(H,19,21);2*1H. The molecule has 3 N–H and O–H groups in total. The van der Waals surface area contributed by atoms with Crippen LogP contribution in [-0.4, -0.2) is 43.6 Å². The fourth-order valence-electron chi connectivity index (χ4n) is 2.83. The van der Waals surface area contributed by atoms with Crippen molar-refractivity contribution in [1.82, 2.24) is 20.9 Å². The van der Waals surface area contributed by atoms with Crippen LogP contribution in [0.2, 0.25) is 5.02 Å². The van der Waals surface area contributed by atoms with E-state index in [2.05, 4.69) is 20.9 Å². The SMILES string of the molecule is CC1=NC(NCN2CCNCC2)(c2ccccc2Cl)C=CN1.Cl.Cl. The first-order valence-electron chi connectivity index (χ1n) is 7.63. The summed E-state index contributed by atoms with van der Waals surface area (Å²) in [7, 11) is 0. The van der Waals surface area contributed by atoms with Crippen molar-refractivity contribution in [1.29, 1.82) is 0 Å². The monoisotopic (exact) mass is 391 g/mol. The van der Waals surface area contributed by atoms with Crippen molar-refractivity contribution in [2.45, 2.75) is 12.6 Å². The van der Waals surface area contributed by atoms with Gasteiger partial charge in [-0.05, 0) is 19.1 Å². The van der Waals surface area contributed by atoms with Crippen molar-refractivity contribution in [3.63, 3.8) is 0 Å². The van der Waals surface area contributed by atoms with Gasteiger partial charge in [-0.15, -0.1) is 24.8 Å². The minimum absolute atomic E-state index is 0. The van der Waals surface area contributed by atoms with Crippen LogP contribution < -0.4 is 16.0 Å². The molecule has 0 aliphatic carbocycles. The summed E-state index contributed by atoms with van der Waals surface area (Å²) in [5, 5.41) is 10.8. The van der Waals surface area contributed by atoms with Gasteiger partial charge in [-0.25, -0.2) is 4.99 Å². The number of rotatable bonds is 4. The molecule has 134 valence electrons. The van der Waals surface area contributed by atoms with Crippen molar-refractivity contribution < 1.29 is 0 Å². The topological polar surface area (TPSA) is 51.7 Å². The minimum Gasteiger partial charge on any atom is -0.351 e. The molecule has 3 rings (SSSR count). The van der Waals surface area contributed by atoms with E-state index in [1.165, 1.54) is 0 Å². The number of aliphatic imine (C=N–C) groups is 1. The highest BCUT2D eigenvalue weighted by atomic mass is 35.5. The van der Waals surface area contributed by atoms with Crippen LogP contribution in [0.15, 0.2) is 41.5 Å². The number of nitrogens with zero attached hydrogens (tertiary/aromatic N) is 2. The predicted molar refractivity (Wildman–Crippen MR) is 105 cm³/mol. The smallest absolute Gasteiger partial charge is 0.161 e. The molecule has 5 nitrogen and oxygen atoms in total. The lowest BCUT2D eigenvalue weighted by atomic mass is 9.98. The zero-order valence-corrected chi connectivity index (χ0v) is 16.0. The van der Waals surface area contributed by atoms with E-state index in [1.807, 2.05) is 43.5 Å². The maximum absolute atomic E-state index is 6.43. The van der Waals surface area contributed by atoms with E-state index in [0.717, 1.165) is 49.3 Å². The van der Waals surface area contributed by atoms with E-state index in [4.69, 9.17) is 16.6 Å². The van der Waals surface area contributed by atoms with Crippen molar-refractivity contribution in [3.05, 3.63) is 47.1 Å². The lowest BCUT2D eigenvalue weighted by Gasteiger charge is -2.36. The first kappa shape index (κ1) is 21.2. The van der Waals surface area contributed by atoms with Gasteiger partial charge >= 0.3 is 0 Å². The highest BCUT2D eigenvalue weighted by Crippen LogP contribution is 2.32. The van der Waals surface area contributed by atoms with Gasteiger partial charge in [0.05, 0.1) is 6.67 Å². The van der Waals surface area contributed by atoms with Crippen LogP contribution in [0.3, 0.4) is 0 Å². The Morgan fingerprint density at radius 1 is 1.25 bits per heavy atom.